The molecule has 8 heteroatoms. The van der Waals surface area contributed by atoms with Crippen molar-refractivity contribution in [3.05, 3.63) is 50.1 Å². The quantitative estimate of drug-likeness (QED) is 0.690. The highest BCUT2D eigenvalue weighted by Crippen LogP contribution is 2.25. The van der Waals surface area contributed by atoms with Crippen LogP contribution in [-0.2, 0) is 0 Å². The molecule has 1 N–H and O–H groups in total. The fraction of sp³-hybridized carbons (Fsp3) is 0.0909. The summed E-state index contributed by atoms with van der Waals surface area (Å²) in [5.74, 6) is -1.30. The molecule has 0 spiro atoms. The molecule has 0 aliphatic rings. The third-order valence-corrected chi connectivity index (χ3v) is 3.12. The van der Waals surface area contributed by atoms with Crippen LogP contribution >= 0.6 is 15.9 Å². The van der Waals surface area contributed by atoms with E-state index in [0.29, 0.717) is 15.9 Å². The minimum atomic E-state index is -1.05. The molecule has 0 atom stereocenters. The Bertz CT molecular complexity index is 681. The van der Waals surface area contributed by atoms with Gasteiger partial charge in [-0.15, -0.1) is 4.68 Å². The van der Waals surface area contributed by atoms with Crippen molar-refractivity contribution in [2.24, 2.45) is 0 Å². The number of carboxylic acid groups (broad SMARTS) is 1. The number of carboxylic acids is 1. The Kier molecular flexibility index (Phi) is 3.34. The molecule has 1 aromatic carbocycles. The Labute approximate surface area is 115 Å². The molecule has 0 bridgehead atoms. The summed E-state index contributed by atoms with van der Waals surface area (Å²) >= 11 is 3.24. The lowest BCUT2D eigenvalue weighted by Crippen LogP contribution is -2.03. The number of hydrogen-bond donors (Lipinski definition) is 1. The summed E-state index contributed by atoms with van der Waals surface area (Å²) < 4.78 is 1.88. The summed E-state index contributed by atoms with van der Waals surface area (Å²) in [7, 11) is 0. The predicted octanol–water partition coefficient (Wildman–Crippen LogP) is 2.55. The Balaban J connectivity index is 2.53. The van der Waals surface area contributed by atoms with Crippen molar-refractivity contribution >= 4 is 27.7 Å². The van der Waals surface area contributed by atoms with Crippen LogP contribution in [0.3, 0.4) is 0 Å². The van der Waals surface area contributed by atoms with Crippen LogP contribution in [0.2, 0.25) is 0 Å². The summed E-state index contributed by atoms with van der Waals surface area (Å²) in [6.07, 6.45) is 0. The SMILES string of the molecule is Cc1cc([N+](=O)[O-])nn1-c1ccc(C(=O)O)cc1Br. The molecule has 1 aromatic heterocycles. The number of nitro groups is 1. The van der Waals surface area contributed by atoms with E-state index in [-0.39, 0.29) is 11.4 Å². The van der Waals surface area contributed by atoms with E-state index in [1.165, 1.54) is 28.9 Å². The van der Waals surface area contributed by atoms with Crippen molar-refractivity contribution in [3.63, 3.8) is 0 Å². The van der Waals surface area contributed by atoms with Gasteiger partial charge in [-0.2, -0.15) is 0 Å². The number of aromatic carboxylic acids is 1. The zero-order valence-electron chi connectivity index (χ0n) is 9.70. The summed E-state index contributed by atoms with van der Waals surface area (Å²) in [4.78, 5) is 20.9. The molecule has 19 heavy (non-hydrogen) atoms. The molecule has 0 aliphatic carbocycles. The predicted molar refractivity (Wildman–Crippen MR) is 69.6 cm³/mol. The molecule has 0 fully saturated rings. The fourth-order valence-corrected chi connectivity index (χ4v) is 2.15. The van der Waals surface area contributed by atoms with Crippen LogP contribution in [0.25, 0.3) is 5.69 Å². The van der Waals surface area contributed by atoms with Crippen molar-refractivity contribution in [3.8, 4) is 5.69 Å². The van der Waals surface area contributed by atoms with E-state index in [9.17, 15) is 14.9 Å². The van der Waals surface area contributed by atoms with Gasteiger partial charge >= 0.3 is 11.8 Å². The molecule has 98 valence electrons. The topological polar surface area (TPSA) is 98.3 Å². The molecule has 2 aromatic rings. The number of benzene rings is 1. The van der Waals surface area contributed by atoms with Crippen molar-refractivity contribution in [1.29, 1.82) is 0 Å². The lowest BCUT2D eigenvalue weighted by Gasteiger charge is -2.04. The van der Waals surface area contributed by atoms with Gasteiger partial charge in [0.05, 0.1) is 22.4 Å². The Hall–Kier alpha value is -2.22. The number of rotatable bonds is 3. The van der Waals surface area contributed by atoms with Gasteiger partial charge in [0.1, 0.15) is 5.69 Å². The van der Waals surface area contributed by atoms with Gasteiger partial charge in [-0.05, 0) is 46.0 Å². The zero-order chi connectivity index (χ0) is 14.2. The first-order chi connectivity index (χ1) is 8.90. The first-order valence-electron chi connectivity index (χ1n) is 5.14. The normalized spacial score (nSPS) is 10.4. The van der Waals surface area contributed by atoms with Gasteiger partial charge in [0.25, 0.3) is 0 Å². The molecule has 0 radical (unpaired) electrons. The summed E-state index contributed by atoms with van der Waals surface area (Å²) in [5.41, 5.74) is 1.24. The number of aryl methyl sites for hydroxylation is 1. The van der Waals surface area contributed by atoms with Gasteiger partial charge in [-0.1, -0.05) is 0 Å². The molecule has 0 amide bonds. The summed E-state index contributed by atoms with van der Waals surface area (Å²) in [5, 5.41) is 23.4. The highest BCUT2D eigenvalue weighted by molar-refractivity contribution is 9.10. The van der Waals surface area contributed by atoms with Gasteiger partial charge in [-0.3, -0.25) is 0 Å². The van der Waals surface area contributed by atoms with Crippen molar-refractivity contribution < 1.29 is 14.8 Å². The first-order valence-corrected chi connectivity index (χ1v) is 5.93. The van der Waals surface area contributed by atoms with E-state index in [4.69, 9.17) is 5.11 Å². The molecule has 0 saturated carbocycles. The highest BCUT2D eigenvalue weighted by Gasteiger charge is 2.18. The number of halogens is 1. The second kappa shape index (κ2) is 4.81. The lowest BCUT2D eigenvalue weighted by molar-refractivity contribution is -0.389. The maximum Gasteiger partial charge on any atom is 0.390 e. The minimum absolute atomic E-state index is 0.120. The van der Waals surface area contributed by atoms with Gasteiger partial charge in [-0.25, -0.2) is 4.79 Å². The third-order valence-electron chi connectivity index (χ3n) is 2.48. The van der Waals surface area contributed by atoms with Gasteiger partial charge in [0.15, 0.2) is 0 Å². The van der Waals surface area contributed by atoms with Crippen LogP contribution in [0.15, 0.2) is 28.7 Å². The summed E-state index contributed by atoms with van der Waals surface area (Å²) in [6.45, 7) is 1.68. The number of nitrogens with zero attached hydrogens (tertiary/aromatic N) is 3. The van der Waals surface area contributed by atoms with Crippen LogP contribution in [0.5, 0.6) is 0 Å². The monoisotopic (exact) mass is 325 g/mol. The third kappa shape index (κ3) is 2.48. The fourth-order valence-electron chi connectivity index (χ4n) is 1.60. The average Bonchev–Trinajstić information content (AvgIpc) is 2.71. The van der Waals surface area contributed by atoms with E-state index < -0.39 is 10.9 Å². The van der Waals surface area contributed by atoms with Crippen LogP contribution < -0.4 is 0 Å². The van der Waals surface area contributed by atoms with Crippen LogP contribution in [0.1, 0.15) is 16.1 Å². The van der Waals surface area contributed by atoms with E-state index in [1.807, 2.05) is 0 Å². The van der Waals surface area contributed by atoms with Crippen molar-refractivity contribution in [2.75, 3.05) is 0 Å². The number of hydrogen-bond acceptors (Lipinski definition) is 4. The zero-order valence-corrected chi connectivity index (χ0v) is 11.3. The Morgan fingerprint density at radius 1 is 1.47 bits per heavy atom. The Morgan fingerprint density at radius 2 is 2.16 bits per heavy atom. The number of aromatic nitrogens is 2. The first kappa shape index (κ1) is 13.2. The van der Waals surface area contributed by atoms with Crippen molar-refractivity contribution in [2.45, 2.75) is 6.92 Å². The van der Waals surface area contributed by atoms with Crippen LogP contribution in [-0.4, -0.2) is 25.8 Å². The second-order valence-electron chi connectivity index (χ2n) is 3.78. The minimum Gasteiger partial charge on any atom is -0.478 e. The van der Waals surface area contributed by atoms with E-state index in [1.54, 1.807) is 6.92 Å². The lowest BCUT2D eigenvalue weighted by atomic mass is 10.2. The molecular weight excluding hydrogens is 318 g/mol. The second-order valence-corrected chi connectivity index (χ2v) is 4.64. The largest absolute Gasteiger partial charge is 0.478 e. The summed E-state index contributed by atoms with van der Waals surface area (Å²) in [6, 6.07) is 5.72. The van der Waals surface area contributed by atoms with Crippen LogP contribution in [0, 0.1) is 17.0 Å². The van der Waals surface area contributed by atoms with E-state index in [2.05, 4.69) is 21.0 Å². The molecule has 2 rings (SSSR count). The Morgan fingerprint density at radius 3 is 2.63 bits per heavy atom. The average molecular weight is 326 g/mol. The molecule has 0 saturated heterocycles. The smallest absolute Gasteiger partial charge is 0.390 e. The standard InChI is InChI=1S/C11H8BrN3O4/c1-6-4-10(15(18)19)13-14(6)9-3-2-7(11(16)17)5-8(9)12/h2-5H,1H3,(H,16,17). The van der Waals surface area contributed by atoms with Crippen LogP contribution in [0.4, 0.5) is 5.82 Å². The van der Waals surface area contributed by atoms with E-state index in [0.717, 1.165) is 0 Å². The van der Waals surface area contributed by atoms with Crippen molar-refractivity contribution in [1.82, 2.24) is 9.78 Å². The number of carbonyl (C=O) groups is 1. The maximum atomic E-state index is 10.8. The molecule has 7 nitrogen and oxygen atoms in total. The van der Waals surface area contributed by atoms with Gasteiger partial charge in [0, 0.05) is 4.47 Å². The van der Waals surface area contributed by atoms with Gasteiger partial charge in [0.2, 0.25) is 0 Å². The van der Waals surface area contributed by atoms with E-state index >= 15 is 0 Å². The molecular formula is C11H8BrN3O4. The molecule has 0 unspecified atom stereocenters. The molecule has 0 aliphatic heterocycles. The maximum absolute atomic E-state index is 10.8. The van der Waals surface area contributed by atoms with Gasteiger partial charge < -0.3 is 15.2 Å². The highest BCUT2D eigenvalue weighted by atomic mass is 79.9. The molecule has 1 heterocycles.